The average Bonchev–Trinajstić information content (AvgIpc) is 2.42. The zero-order valence-corrected chi connectivity index (χ0v) is 11.9. The van der Waals surface area contributed by atoms with Crippen molar-refractivity contribution in [3.8, 4) is 0 Å². The molecule has 6 heteroatoms. The summed E-state index contributed by atoms with van der Waals surface area (Å²) in [6, 6.07) is 8.75. The third-order valence-electron chi connectivity index (χ3n) is 2.76. The highest BCUT2D eigenvalue weighted by molar-refractivity contribution is 6.30. The van der Waals surface area contributed by atoms with Gasteiger partial charge in [-0.3, -0.25) is 9.59 Å². The van der Waals surface area contributed by atoms with E-state index in [1.807, 2.05) is 31.1 Å². The summed E-state index contributed by atoms with van der Waals surface area (Å²) < 4.78 is 0. The van der Waals surface area contributed by atoms with Crippen LogP contribution in [0.4, 0.5) is 11.4 Å². The number of H-pyrrole nitrogens is 1. The minimum Gasteiger partial charge on any atom is -0.378 e. The summed E-state index contributed by atoms with van der Waals surface area (Å²) in [6.07, 6.45) is 1.33. The number of carbonyl (C=O) groups excluding carboxylic acids is 1. The molecule has 0 bridgehead atoms. The molecule has 1 amide bonds. The molecule has 0 aliphatic rings. The SMILES string of the molecule is CN(C)c1ccc(NC(=O)c2c[nH]c(=O)c(Cl)c2)cc1. The molecule has 0 fully saturated rings. The average molecular weight is 292 g/mol. The summed E-state index contributed by atoms with van der Waals surface area (Å²) in [6.45, 7) is 0. The second kappa shape index (κ2) is 5.79. The van der Waals surface area contributed by atoms with E-state index in [2.05, 4.69) is 10.3 Å². The number of aromatic nitrogens is 1. The van der Waals surface area contributed by atoms with Crippen LogP contribution in [0, 0.1) is 0 Å². The van der Waals surface area contributed by atoms with E-state index in [0.717, 1.165) is 5.69 Å². The summed E-state index contributed by atoms with van der Waals surface area (Å²) in [7, 11) is 3.88. The number of benzene rings is 1. The van der Waals surface area contributed by atoms with Crippen LogP contribution < -0.4 is 15.8 Å². The molecular formula is C14H14ClN3O2. The maximum absolute atomic E-state index is 12.0. The third-order valence-corrected chi connectivity index (χ3v) is 3.04. The predicted molar refractivity (Wildman–Crippen MR) is 80.8 cm³/mol. The quantitative estimate of drug-likeness (QED) is 0.912. The van der Waals surface area contributed by atoms with E-state index in [0.29, 0.717) is 11.3 Å². The van der Waals surface area contributed by atoms with Gasteiger partial charge in [-0.15, -0.1) is 0 Å². The van der Waals surface area contributed by atoms with Gasteiger partial charge in [-0.05, 0) is 30.3 Å². The summed E-state index contributed by atoms with van der Waals surface area (Å²) in [5.74, 6) is -0.333. The van der Waals surface area contributed by atoms with Gasteiger partial charge in [-0.25, -0.2) is 0 Å². The van der Waals surface area contributed by atoms with E-state index < -0.39 is 5.56 Å². The van der Waals surface area contributed by atoms with Crippen LogP contribution in [0.5, 0.6) is 0 Å². The Bertz CT molecular complexity index is 678. The van der Waals surface area contributed by atoms with E-state index in [9.17, 15) is 9.59 Å². The topological polar surface area (TPSA) is 65.2 Å². The lowest BCUT2D eigenvalue weighted by Crippen LogP contribution is -2.15. The molecule has 1 heterocycles. The van der Waals surface area contributed by atoms with Crippen molar-refractivity contribution in [2.24, 2.45) is 0 Å². The molecule has 0 atom stereocenters. The number of halogens is 1. The van der Waals surface area contributed by atoms with Crippen molar-refractivity contribution in [3.05, 3.63) is 57.5 Å². The van der Waals surface area contributed by atoms with E-state index >= 15 is 0 Å². The Morgan fingerprint density at radius 2 is 1.90 bits per heavy atom. The van der Waals surface area contributed by atoms with Gasteiger partial charge in [0.05, 0.1) is 5.56 Å². The first-order valence-corrected chi connectivity index (χ1v) is 6.32. The van der Waals surface area contributed by atoms with Crippen molar-refractivity contribution in [1.82, 2.24) is 4.98 Å². The molecule has 0 spiro atoms. The Hall–Kier alpha value is -2.27. The van der Waals surface area contributed by atoms with E-state index in [1.165, 1.54) is 12.3 Å². The lowest BCUT2D eigenvalue weighted by atomic mass is 10.2. The van der Waals surface area contributed by atoms with Crippen LogP contribution in [0.25, 0.3) is 0 Å². The minimum atomic E-state index is -0.418. The van der Waals surface area contributed by atoms with Gasteiger partial charge in [-0.2, -0.15) is 0 Å². The number of hydrogen-bond acceptors (Lipinski definition) is 3. The number of nitrogens with zero attached hydrogens (tertiary/aromatic N) is 1. The minimum absolute atomic E-state index is 0.0133. The lowest BCUT2D eigenvalue weighted by Gasteiger charge is -2.13. The molecule has 0 aliphatic heterocycles. The number of carbonyl (C=O) groups is 1. The fraction of sp³-hybridized carbons (Fsp3) is 0.143. The first-order valence-electron chi connectivity index (χ1n) is 5.94. The molecule has 5 nitrogen and oxygen atoms in total. The highest BCUT2D eigenvalue weighted by Crippen LogP contribution is 2.16. The van der Waals surface area contributed by atoms with Crippen molar-refractivity contribution >= 4 is 28.9 Å². The smallest absolute Gasteiger partial charge is 0.266 e. The molecule has 2 aromatic rings. The molecule has 1 aromatic heterocycles. The van der Waals surface area contributed by atoms with Crippen molar-refractivity contribution < 1.29 is 4.79 Å². The molecule has 1 aromatic carbocycles. The van der Waals surface area contributed by atoms with Gasteiger partial charge >= 0.3 is 0 Å². The number of amides is 1. The van der Waals surface area contributed by atoms with E-state index in [1.54, 1.807) is 12.1 Å². The largest absolute Gasteiger partial charge is 0.378 e. The number of nitrogens with one attached hydrogen (secondary N) is 2. The van der Waals surface area contributed by atoms with Crippen LogP contribution in [0.1, 0.15) is 10.4 Å². The molecule has 2 N–H and O–H groups in total. The van der Waals surface area contributed by atoms with Crippen LogP contribution >= 0.6 is 11.6 Å². The summed E-state index contributed by atoms with van der Waals surface area (Å²) >= 11 is 5.69. The number of pyridine rings is 1. The van der Waals surface area contributed by atoms with Crippen LogP contribution in [0.2, 0.25) is 5.02 Å². The zero-order chi connectivity index (χ0) is 14.7. The van der Waals surface area contributed by atoms with Crippen LogP contribution in [-0.4, -0.2) is 25.0 Å². The second-order valence-corrected chi connectivity index (χ2v) is 4.87. The fourth-order valence-corrected chi connectivity index (χ4v) is 1.81. The van der Waals surface area contributed by atoms with Crippen molar-refractivity contribution in [3.63, 3.8) is 0 Å². The first kappa shape index (κ1) is 14.1. The molecule has 20 heavy (non-hydrogen) atoms. The zero-order valence-electron chi connectivity index (χ0n) is 11.1. The highest BCUT2D eigenvalue weighted by Gasteiger charge is 2.08. The molecule has 2 rings (SSSR count). The number of hydrogen-bond donors (Lipinski definition) is 2. The monoisotopic (exact) mass is 291 g/mol. The van der Waals surface area contributed by atoms with Gasteiger partial charge in [0.1, 0.15) is 5.02 Å². The molecule has 0 aliphatic carbocycles. The number of rotatable bonds is 3. The fourth-order valence-electron chi connectivity index (χ4n) is 1.63. The second-order valence-electron chi connectivity index (χ2n) is 4.46. The Kier molecular flexibility index (Phi) is 4.10. The Labute approximate surface area is 121 Å². The van der Waals surface area contributed by atoms with Gasteiger partial charge in [-0.1, -0.05) is 11.6 Å². The van der Waals surface area contributed by atoms with Gasteiger partial charge in [0.25, 0.3) is 11.5 Å². The Morgan fingerprint density at radius 1 is 1.25 bits per heavy atom. The maximum Gasteiger partial charge on any atom is 0.266 e. The number of anilines is 2. The van der Waals surface area contributed by atoms with Crippen molar-refractivity contribution in [1.29, 1.82) is 0 Å². The number of aromatic amines is 1. The van der Waals surface area contributed by atoms with Gasteiger partial charge < -0.3 is 15.2 Å². The van der Waals surface area contributed by atoms with Crippen molar-refractivity contribution in [2.75, 3.05) is 24.3 Å². The maximum atomic E-state index is 12.0. The van der Waals surface area contributed by atoms with E-state index in [-0.39, 0.29) is 10.9 Å². The van der Waals surface area contributed by atoms with Gasteiger partial charge in [0.2, 0.25) is 0 Å². The predicted octanol–water partition coefficient (Wildman–Crippen LogP) is 2.35. The molecule has 0 unspecified atom stereocenters. The molecule has 0 radical (unpaired) electrons. The molecule has 0 saturated carbocycles. The van der Waals surface area contributed by atoms with Crippen molar-refractivity contribution in [2.45, 2.75) is 0 Å². The highest BCUT2D eigenvalue weighted by atomic mass is 35.5. The first-order chi connectivity index (χ1) is 9.47. The lowest BCUT2D eigenvalue weighted by molar-refractivity contribution is 0.102. The van der Waals surface area contributed by atoms with Crippen LogP contribution in [-0.2, 0) is 0 Å². The summed E-state index contributed by atoms with van der Waals surface area (Å²) in [5, 5.41) is 2.72. The van der Waals surface area contributed by atoms with Crippen LogP contribution in [0.15, 0.2) is 41.3 Å². The van der Waals surface area contributed by atoms with Gasteiger partial charge in [0, 0.05) is 31.7 Å². The van der Waals surface area contributed by atoms with Crippen LogP contribution in [0.3, 0.4) is 0 Å². The van der Waals surface area contributed by atoms with E-state index in [4.69, 9.17) is 11.6 Å². The summed E-state index contributed by atoms with van der Waals surface area (Å²) in [4.78, 5) is 27.5. The third kappa shape index (κ3) is 3.19. The standard InChI is InChI=1S/C14H14ClN3O2/c1-18(2)11-5-3-10(4-6-11)17-13(19)9-7-12(15)14(20)16-8-9/h3-8H,1-2H3,(H,16,20)(H,17,19). The Morgan fingerprint density at radius 3 is 2.45 bits per heavy atom. The molecule has 0 saturated heterocycles. The summed E-state index contributed by atoms with van der Waals surface area (Å²) in [5.41, 5.74) is 1.59. The van der Waals surface area contributed by atoms with Gasteiger partial charge in [0.15, 0.2) is 0 Å². The normalized spacial score (nSPS) is 10.2. The molecule has 104 valence electrons. The molecular weight excluding hydrogens is 278 g/mol. The Balaban J connectivity index is 2.14.